The standard InChI is InChI=1S/C18H30N2O3/c21-15(14-6-2-1-3-7-14)16(22)20-18(10-4-5-11-18)17(23)19-12-13-8-9-13/h13-15,21H,1-12H2,(H,19,23)(H,20,22)/t15-/m0/s1. The molecular formula is C18H30N2O3. The minimum Gasteiger partial charge on any atom is -0.383 e. The Balaban J connectivity index is 1.58. The molecule has 2 amide bonds. The number of carbonyl (C=O) groups is 2. The second-order valence-corrected chi connectivity index (χ2v) is 7.77. The van der Waals surface area contributed by atoms with Crippen molar-refractivity contribution < 1.29 is 14.7 Å². The lowest BCUT2D eigenvalue weighted by Gasteiger charge is -2.32. The summed E-state index contributed by atoms with van der Waals surface area (Å²) in [6, 6.07) is 0. The van der Waals surface area contributed by atoms with Gasteiger partial charge in [0, 0.05) is 6.54 Å². The molecule has 5 heteroatoms. The Morgan fingerprint density at radius 1 is 1.00 bits per heavy atom. The van der Waals surface area contributed by atoms with Crippen molar-refractivity contribution in [1.82, 2.24) is 10.6 Å². The molecule has 3 aliphatic carbocycles. The molecule has 3 saturated carbocycles. The molecule has 0 aliphatic heterocycles. The molecule has 0 spiro atoms. The van der Waals surface area contributed by atoms with Crippen molar-refractivity contribution in [3.63, 3.8) is 0 Å². The summed E-state index contributed by atoms with van der Waals surface area (Å²) in [6.45, 7) is 0.724. The Kier molecular flexibility index (Phi) is 5.24. The van der Waals surface area contributed by atoms with Gasteiger partial charge in [0.2, 0.25) is 11.8 Å². The maximum absolute atomic E-state index is 12.6. The van der Waals surface area contributed by atoms with Gasteiger partial charge in [0.1, 0.15) is 11.6 Å². The topological polar surface area (TPSA) is 78.4 Å². The molecule has 3 fully saturated rings. The van der Waals surface area contributed by atoms with Gasteiger partial charge in [0.25, 0.3) is 0 Å². The molecule has 0 aromatic carbocycles. The van der Waals surface area contributed by atoms with Crippen LogP contribution in [0.15, 0.2) is 0 Å². The third-order valence-corrected chi connectivity index (χ3v) is 5.87. The van der Waals surface area contributed by atoms with E-state index in [9.17, 15) is 14.7 Å². The first-order valence-corrected chi connectivity index (χ1v) is 9.39. The predicted octanol–water partition coefficient (Wildman–Crippen LogP) is 1.88. The van der Waals surface area contributed by atoms with Gasteiger partial charge in [-0.25, -0.2) is 0 Å². The highest BCUT2D eigenvalue weighted by Gasteiger charge is 2.44. The van der Waals surface area contributed by atoms with Crippen molar-refractivity contribution in [2.75, 3.05) is 6.54 Å². The minimum atomic E-state index is -0.969. The van der Waals surface area contributed by atoms with Crippen molar-refractivity contribution in [1.29, 1.82) is 0 Å². The van der Waals surface area contributed by atoms with Crippen LogP contribution in [0.3, 0.4) is 0 Å². The Hall–Kier alpha value is -1.10. The number of aliphatic hydroxyl groups excluding tert-OH is 1. The van der Waals surface area contributed by atoms with Gasteiger partial charge in [0.15, 0.2) is 0 Å². The van der Waals surface area contributed by atoms with Crippen molar-refractivity contribution in [2.24, 2.45) is 11.8 Å². The highest BCUT2D eigenvalue weighted by atomic mass is 16.3. The zero-order valence-electron chi connectivity index (χ0n) is 14.0. The number of nitrogens with one attached hydrogen (secondary N) is 2. The molecule has 0 unspecified atom stereocenters. The van der Waals surface area contributed by atoms with Crippen LogP contribution in [0.1, 0.15) is 70.6 Å². The van der Waals surface area contributed by atoms with Gasteiger partial charge < -0.3 is 15.7 Å². The molecule has 130 valence electrons. The van der Waals surface area contributed by atoms with Gasteiger partial charge >= 0.3 is 0 Å². The summed E-state index contributed by atoms with van der Waals surface area (Å²) < 4.78 is 0. The molecule has 0 radical (unpaired) electrons. The number of aliphatic hydroxyl groups is 1. The van der Waals surface area contributed by atoms with E-state index in [0.29, 0.717) is 18.8 Å². The molecule has 3 rings (SSSR count). The van der Waals surface area contributed by atoms with Crippen LogP contribution < -0.4 is 10.6 Å². The first-order valence-electron chi connectivity index (χ1n) is 9.39. The van der Waals surface area contributed by atoms with Crippen LogP contribution in [0, 0.1) is 11.8 Å². The van der Waals surface area contributed by atoms with E-state index in [-0.39, 0.29) is 17.7 Å². The molecule has 0 aromatic rings. The summed E-state index contributed by atoms with van der Waals surface area (Å²) >= 11 is 0. The summed E-state index contributed by atoms with van der Waals surface area (Å²) in [4.78, 5) is 25.1. The second-order valence-electron chi connectivity index (χ2n) is 7.77. The van der Waals surface area contributed by atoms with Crippen LogP contribution >= 0.6 is 0 Å². The number of hydrogen-bond acceptors (Lipinski definition) is 3. The lowest BCUT2D eigenvalue weighted by molar-refractivity contribution is -0.140. The molecule has 3 N–H and O–H groups in total. The highest BCUT2D eigenvalue weighted by molar-refractivity contribution is 5.93. The average molecular weight is 322 g/mol. The van der Waals surface area contributed by atoms with Gasteiger partial charge in [-0.2, -0.15) is 0 Å². The molecule has 1 atom stereocenters. The Morgan fingerprint density at radius 2 is 1.65 bits per heavy atom. The van der Waals surface area contributed by atoms with Gasteiger partial charge in [-0.05, 0) is 50.4 Å². The van der Waals surface area contributed by atoms with E-state index in [1.54, 1.807) is 0 Å². The van der Waals surface area contributed by atoms with Crippen LogP contribution in [-0.2, 0) is 9.59 Å². The summed E-state index contributed by atoms with van der Waals surface area (Å²) in [6.07, 6.45) is 9.89. The maximum Gasteiger partial charge on any atom is 0.249 e. The molecule has 0 saturated heterocycles. The van der Waals surface area contributed by atoms with E-state index < -0.39 is 11.6 Å². The third kappa shape index (κ3) is 4.06. The summed E-state index contributed by atoms with van der Waals surface area (Å²) in [5, 5.41) is 16.3. The molecule has 5 nitrogen and oxygen atoms in total. The van der Waals surface area contributed by atoms with Crippen molar-refractivity contribution in [3.05, 3.63) is 0 Å². The lowest BCUT2D eigenvalue weighted by atomic mass is 9.84. The third-order valence-electron chi connectivity index (χ3n) is 5.87. The Bertz CT molecular complexity index is 436. The van der Waals surface area contributed by atoms with Crippen LogP contribution in [0.4, 0.5) is 0 Å². The number of carbonyl (C=O) groups excluding carboxylic acids is 2. The minimum absolute atomic E-state index is 0.0499. The summed E-state index contributed by atoms with van der Waals surface area (Å²) in [5.74, 6) is 0.282. The normalized spacial score (nSPS) is 25.8. The van der Waals surface area contributed by atoms with E-state index in [1.807, 2.05) is 0 Å². The summed E-state index contributed by atoms with van der Waals surface area (Å²) in [7, 11) is 0. The quantitative estimate of drug-likeness (QED) is 0.699. The van der Waals surface area contributed by atoms with Gasteiger partial charge in [0.05, 0.1) is 0 Å². The van der Waals surface area contributed by atoms with E-state index in [4.69, 9.17) is 0 Å². The fourth-order valence-corrected chi connectivity index (χ4v) is 4.09. The Labute approximate surface area is 138 Å². The van der Waals surface area contributed by atoms with E-state index in [1.165, 1.54) is 19.3 Å². The van der Waals surface area contributed by atoms with Crippen LogP contribution in [-0.4, -0.2) is 35.1 Å². The number of hydrogen-bond donors (Lipinski definition) is 3. The van der Waals surface area contributed by atoms with Crippen LogP contribution in [0.25, 0.3) is 0 Å². The molecule has 3 aliphatic rings. The largest absolute Gasteiger partial charge is 0.383 e. The summed E-state index contributed by atoms with van der Waals surface area (Å²) in [5.41, 5.74) is -0.790. The second kappa shape index (κ2) is 7.20. The lowest BCUT2D eigenvalue weighted by Crippen LogP contribution is -2.60. The fraction of sp³-hybridized carbons (Fsp3) is 0.889. The van der Waals surface area contributed by atoms with Crippen molar-refractivity contribution in [3.8, 4) is 0 Å². The van der Waals surface area contributed by atoms with E-state index >= 15 is 0 Å². The molecular weight excluding hydrogens is 292 g/mol. The van der Waals surface area contributed by atoms with E-state index in [2.05, 4.69) is 10.6 Å². The zero-order valence-corrected chi connectivity index (χ0v) is 14.0. The Morgan fingerprint density at radius 3 is 2.26 bits per heavy atom. The van der Waals surface area contributed by atoms with Crippen LogP contribution in [0.2, 0.25) is 0 Å². The number of rotatable bonds is 6. The maximum atomic E-state index is 12.6. The predicted molar refractivity (Wildman–Crippen MR) is 87.7 cm³/mol. The molecule has 0 aromatic heterocycles. The highest BCUT2D eigenvalue weighted by Crippen LogP contribution is 2.33. The van der Waals surface area contributed by atoms with Gasteiger partial charge in [-0.1, -0.05) is 32.1 Å². The molecule has 23 heavy (non-hydrogen) atoms. The zero-order chi connectivity index (χ0) is 16.3. The van der Waals surface area contributed by atoms with Crippen molar-refractivity contribution >= 4 is 11.8 Å². The van der Waals surface area contributed by atoms with Crippen molar-refractivity contribution in [2.45, 2.75) is 82.3 Å². The number of amides is 2. The monoisotopic (exact) mass is 322 g/mol. The molecule has 0 bridgehead atoms. The fourth-order valence-electron chi connectivity index (χ4n) is 4.09. The van der Waals surface area contributed by atoms with Gasteiger partial charge in [-0.15, -0.1) is 0 Å². The molecule has 0 heterocycles. The average Bonchev–Trinajstić information content (AvgIpc) is 3.29. The van der Waals surface area contributed by atoms with Gasteiger partial charge in [-0.3, -0.25) is 9.59 Å². The SMILES string of the molecule is O=C(NC1(C(=O)NCC2CC2)CCCC1)[C@@H](O)C1CCCCC1. The first-order chi connectivity index (χ1) is 11.1. The first kappa shape index (κ1) is 16.7. The smallest absolute Gasteiger partial charge is 0.249 e. The van der Waals surface area contributed by atoms with E-state index in [0.717, 1.165) is 45.1 Å². The van der Waals surface area contributed by atoms with Crippen LogP contribution in [0.5, 0.6) is 0 Å².